The summed E-state index contributed by atoms with van der Waals surface area (Å²) in [6.07, 6.45) is 0.828. The third kappa shape index (κ3) is 2.25. The molecule has 1 atom stereocenters. The molecule has 1 fully saturated rings. The Balaban J connectivity index is 2.20. The highest BCUT2D eigenvalue weighted by molar-refractivity contribution is 6.31. The summed E-state index contributed by atoms with van der Waals surface area (Å²) in [5, 5.41) is 3.35. The van der Waals surface area contributed by atoms with Crippen molar-refractivity contribution in [2.24, 2.45) is 5.41 Å². The molecule has 1 aromatic carbocycles. The van der Waals surface area contributed by atoms with Crippen LogP contribution in [0.2, 0.25) is 5.02 Å². The van der Waals surface area contributed by atoms with Crippen LogP contribution < -0.4 is 16.0 Å². The molecule has 1 saturated heterocycles. The molecule has 1 aromatic rings. The van der Waals surface area contributed by atoms with Crippen LogP contribution in [0, 0.1) is 5.41 Å². The molecular formula is C13H18ClN3O. The molecular weight excluding hydrogens is 250 g/mol. The van der Waals surface area contributed by atoms with E-state index in [0.29, 0.717) is 17.3 Å². The fraction of sp³-hybridized carbons (Fsp3) is 0.462. The summed E-state index contributed by atoms with van der Waals surface area (Å²) in [4.78, 5) is 14.0. The standard InChI is InChI=1S/C13H18ClN3O/c1-13(12(18)16-2)5-6-17(8-13)11-4-3-9(14)7-10(11)15/h3-4,7H,5-6,8,15H2,1-2H3,(H,16,18). The summed E-state index contributed by atoms with van der Waals surface area (Å²) < 4.78 is 0. The zero-order valence-electron chi connectivity index (χ0n) is 10.7. The minimum Gasteiger partial charge on any atom is -0.397 e. The Morgan fingerprint density at radius 2 is 2.28 bits per heavy atom. The molecule has 2 rings (SSSR count). The van der Waals surface area contributed by atoms with E-state index in [1.165, 1.54) is 0 Å². The van der Waals surface area contributed by atoms with Gasteiger partial charge in [-0.05, 0) is 31.5 Å². The van der Waals surface area contributed by atoms with Gasteiger partial charge in [-0.3, -0.25) is 4.79 Å². The molecule has 0 radical (unpaired) electrons. The average Bonchev–Trinajstić information content (AvgIpc) is 2.72. The van der Waals surface area contributed by atoms with E-state index in [4.69, 9.17) is 17.3 Å². The van der Waals surface area contributed by atoms with Crippen LogP contribution in [0.15, 0.2) is 18.2 Å². The van der Waals surface area contributed by atoms with E-state index in [0.717, 1.165) is 18.7 Å². The van der Waals surface area contributed by atoms with Gasteiger partial charge in [0.05, 0.1) is 16.8 Å². The lowest BCUT2D eigenvalue weighted by Crippen LogP contribution is -2.39. The summed E-state index contributed by atoms with van der Waals surface area (Å²) in [6, 6.07) is 5.47. The fourth-order valence-electron chi connectivity index (χ4n) is 2.47. The van der Waals surface area contributed by atoms with Crippen molar-refractivity contribution < 1.29 is 4.79 Å². The Morgan fingerprint density at radius 1 is 1.56 bits per heavy atom. The Hall–Kier alpha value is -1.42. The second-order valence-electron chi connectivity index (χ2n) is 5.01. The van der Waals surface area contributed by atoms with Gasteiger partial charge in [-0.15, -0.1) is 0 Å². The maximum Gasteiger partial charge on any atom is 0.227 e. The number of halogens is 1. The number of carbonyl (C=O) groups is 1. The van der Waals surface area contributed by atoms with Crippen LogP contribution in [0.1, 0.15) is 13.3 Å². The van der Waals surface area contributed by atoms with E-state index in [-0.39, 0.29) is 11.3 Å². The van der Waals surface area contributed by atoms with Crippen molar-refractivity contribution in [1.29, 1.82) is 0 Å². The molecule has 1 amide bonds. The normalized spacial score (nSPS) is 23.2. The van der Waals surface area contributed by atoms with Crippen molar-refractivity contribution in [3.8, 4) is 0 Å². The number of amides is 1. The van der Waals surface area contributed by atoms with Gasteiger partial charge in [-0.2, -0.15) is 0 Å². The van der Waals surface area contributed by atoms with Gasteiger partial charge in [0.25, 0.3) is 0 Å². The molecule has 0 spiro atoms. The second kappa shape index (κ2) is 4.69. The van der Waals surface area contributed by atoms with Crippen LogP contribution in [0.4, 0.5) is 11.4 Å². The topological polar surface area (TPSA) is 58.4 Å². The molecule has 1 heterocycles. The molecule has 3 N–H and O–H groups in total. The van der Waals surface area contributed by atoms with Crippen LogP contribution in [-0.4, -0.2) is 26.0 Å². The van der Waals surface area contributed by atoms with Crippen molar-refractivity contribution in [3.63, 3.8) is 0 Å². The first-order valence-corrected chi connectivity index (χ1v) is 6.36. The summed E-state index contributed by atoms with van der Waals surface area (Å²) in [5.41, 5.74) is 7.23. The lowest BCUT2D eigenvalue weighted by molar-refractivity contribution is -0.128. The molecule has 98 valence electrons. The Morgan fingerprint density at radius 3 is 2.89 bits per heavy atom. The van der Waals surface area contributed by atoms with Crippen LogP contribution in [0.3, 0.4) is 0 Å². The smallest absolute Gasteiger partial charge is 0.227 e. The quantitative estimate of drug-likeness (QED) is 0.805. The van der Waals surface area contributed by atoms with E-state index < -0.39 is 0 Å². The van der Waals surface area contributed by atoms with Crippen LogP contribution in [-0.2, 0) is 4.79 Å². The maximum atomic E-state index is 11.9. The first kappa shape index (κ1) is 13.0. The second-order valence-corrected chi connectivity index (χ2v) is 5.45. The molecule has 0 aromatic heterocycles. The van der Waals surface area contributed by atoms with Gasteiger partial charge in [0, 0.05) is 25.2 Å². The lowest BCUT2D eigenvalue weighted by Gasteiger charge is -2.24. The SMILES string of the molecule is CNC(=O)C1(C)CCN(c2ccc(Cl)cc2N)C1. The number of benzene rings is 1. The minimum absolute atomic E-state index is 0.0811. The third-order valence-electron chi connectivity index (χ3n) is 3.58. The summed E-state index contributed by atoms with van der Waals surface area (Å²) in [7, 11) is 1.67. The van der Waals surface area contributed by atoms with Gasteiger partial charge >= 0.3 is 0 Å². The summed E-state index contributed by atoms with van der Waals surface area (Å²) in [6.45, 7) is 3.49. The number of carbonyl (C=O) groups excluding carboxylic acids is 1. The first-order valence-electron chi connectivity index (χ1n) is 5.98. The van der Waals surface area contributed by atoms with Gasteiger partial charge in [-0.1, -0.05) is 11.6 Å². The monoisotopic (exact) mass is 267 g/mol. The number of nitrogens with one attached hydrogen (secondary N) is 1. The van der Waals surface area contributed by atoms with Gasteiger partial charge < -0.3 is 16.0 Å². The lowest BCUT2D eigenvalue weighted by atomic mass is 9.89. The highest BCUT2D eigenvalue weighted by Crippen LogP contribution is 2.36. The molecule has 0 bridgehead atoms. The van der Waals surface area contributed by atoms with Crippen LogP contribution >= 0.6 is 11.6 Å². The Labute approximate surface area is 112 Å². The largest absolute Gasteiger partial charge is 0.397 e. The number of anilines is 2. The van der Waals surface area contributed by atoms with E-state index >= 15 is 0 Å². The Bertz CT molecular complexity index is 477. The highest BCUT2D eigenvalue weighted by Gasteiger charge is 2.40. The molecule has 1 aliphatic heterocycles. The van der Waals surface area contributed by atoms with Crippen LogP contribution in [0.5, 0.6) is 0 Å². The molecule has 0 aliphatic carbocycles. The van der Waals surface area contributed by atoms with E-state index in [1.807, 2.05) is 19.1 Å². The molecule has 1 unspecified atom stereocenters. The van der Waals surface area contributed by atoms with Gasteiger partial charge in [0.1, 0.15) is 0 Å². The number of hydrogen-bond donors (Lipinski definition) is 2. The van der Waals surface area contributed by atoms with E-state index in [2.05, 4.69) is 10.2 Å². The molecule has 18 heavy (non-hydrogen) atoms. The van der Waals surface area contributed by atoms with Crippen molar-refractivity contribution in [3.05, 3.63) is 23.2 Å². The fourth-order valence-corrected chi connectivity index (χ4v) is 2.65. The minimum atomic E-state index is -0.346. The molecule has 5 heteroatoms. The highest BCUT2D eigenvalue weighted by atomic mass is 35.5. The van der Waals surface area contributed by atoms with Gasteiger partial charge in [-0.25, -0.2) is 0 Å². The van der Waals surface area contributed by atoms with Crippen molar-refractivity contribution in [1.82, 2.24) is 5.32 Å². The van der Waals surface area contributed by atoms with Crippen molar-refractivity contribution >= 4 is 28.9 Å². The van der Waals surface area contributed by atoms with Crippen molar-refractivity contribution in [2.45, 2.75) is 13.3 Å². The van der Waals surface area contributed by atoms with E-state index in [9.17, 15) is 4.79 Å². The third-order valence-corrected chi connectivity index (χ3v) is 3.81. The summed E-state index contributed by atoms with van der Waals surface area (Å²) in [5.74, 6) is 0.0811. The molecule has 0 saturated carbocycles. The number of hydrogen-bond acceptors (Lipinski definition) is 3. The predicted octanol–water partition coefficient (Wildman–Crippen LogP) is 1.88. The van der Waals surface area contributed by atoms with E-state index in [1.54, 1.807) is 13.1 Å². The number of nitrogens with two attached hydrogens (primary N) is 1. The first-order chi connectivity index (χ1) is 8.46. The van der Waals surface area contributed by atoms with Crippen LogP contribution in [0.25, 0.3) is 0 Å². The Kier molecular flexibility index (Phi) is 3.39. The zero-order chi connectivity index (χ0) is 13.3. The maximum absolute atomic E-state index is 11.9. The number of rotatable bonds is 2. The number of nitrogens with zero attached hydrogens (tertiary/aromatic N) is 1. The number of nitrogen functional groups attached to an aromatic ring is 1. The van der Waals surface area contributed by atoms with Gasteiger partial charge in [0.15, 0.2) is 0 Å². The molecule has 4 nitrogen and oxygen atoms in total. The van der Waals surface area contributed by atoms with Crippen molar-refractivity contribution in [2.75, 3.05) is 30.8 Å². The molecule has 1 aliphatic rings. The zero-order valence-corrected chi connectivity index (χ0v) is 11.4. The van der Waals surface area contributed by atoms with Gasteiger partial charge in [0.2, 0.25) is 5.91 Å². The average molecular weight is 268 g/mol. The predicted molar refractivity (Wildman–Crippen MR) is 74.9 cm³/mol. The summed E-state index contributed by atoms with van der Waals surface area (Å²) >= 11 is 5.89.